The predicted octanol–water partition coefficient (Wildman–Crippen LogP) is 1.65. The zero-order valence-electron chi connectivity index (χ0n) is 7.52. The van der Waals surface area contributed by atoms with E-state index in [-0.39, 0.29) is 12.4 Å². The summed E-state index contributed by atoms with van der Waals surface area (Å²) in [6.07, 6.45) is 1.12. The average molecular weight is 199 g/mol. The molecule has 0 bridgehead atoms. The highest BCUT2D eigenvalue weighted by Gasteiger charge is 2.18. The number of rotatable bonds is 1. The van der Waals surface area contributed by atoms with Crippen molar-refractivity contribution >= 4 is 18.1 Å². The quantitative estimate of drug-likeness (QED) is 0.744. The second-order valence-electron chi connectivity index (χ2n) is 3.33. The predicted molar refractivity (Wildman–Crippen MR) is 58.5 cm³/mol. The molecule has 0 saturated carbocycles. The molecular formula is C10H15ClN2. The van der Waals surface area contributed by atoms with Gasteiger partial charge in [-0.1, -0.05) is 18.2 Å². The Balaban J connectivity index is 0.000000845. The van der Waals surface area contributed by atoms with Crippen molar-refractivity contribution in [2.45, 2.75) is 12.5 Å². The van der Waals surface area contributed by atoms with Crippen molar-refractivity contribution in [3.05, 3.63) is 30.3 Å². The van der Waals surface area contributed by atoms with Gasteiger partial charge in [0.05, 0.1) is 0 Å². The number of nitrogens with two attached hydrogens (primary N) is 1. The van der Waals surface area contributed by atoms with Gasteiger partial charge in [0, 0.05) is 24.8 Å². The van der Waals surface area contributed by atoms with Crippen molar-refractivity contribution in [1.82, 2.24) is 0 Å². The van der Waals surface area contributed by atoms with Gasteiger partial charge in [0.15, 0.2) is 0 Å². The van der Waals surface area contributed by atoms with E-state index in [1.165, 1.54) is 5.69 Å². The topological polar surface area (TPSA) is 29.3 Å². The normalized spacial score (nSPS) is 21.3. The van der Waals surface area contributed by atoms with Gasteiger partial charge in [0.2, 0.25) is 0 Å². The summed E-state index contributed by atoms with van der Waals surface area (Å²) >= 11 is 0. The highest BCUT2D eigenvalue weighted by molar-refractivity contribution is 5.85. The summed E-state index contributed by atoms with van der Waals surface area (Å²) in [5.74, 6) is 0. The third kappa shape index (κ3) is 2.36. The van der Waals surface area contributed by atoms with Gasteiger partial charge in [0.1, 0.15) is 0 Å². The van der Waals surface area contributed by atoms with Crippen molar-refractivity contribution in [3.8, 4) is 0 Å². The van der Waals surface area contributed by atoms with Crippen molar-refractivity contribution in [1.29, 1.82) is 0 Å². The minimum atomic E-state index is 0. The van der Waals surface area contributed by atoms with Crippen LogP contribution in [-0.2, 0) is 0 Å². The van der Waals surface area contributed by atoms with E-state index in [4.69, 9.17) is 5.73 Å². The minimum Gasteiger partial charge on any atom is -0.370 e. The molecule has 1 aromatic rings. The number of benzene rings is 1. The van der Waals surface area contributed by atoms with Crippen LogP contribution in [0.25, 0.3) is 0 Å². The van der Waals surface area contributed by atoms with Gasteiger partial charge in [-0.15, -0.1) is 12.4 Å². The van der Waals surface area contributed by atoms with Crippen molar-refractivity contribution in [2.24, 2.45) is 5.73 Å². The maximum Gasteiger partial charge on any atom is 0.0366 e. The molecule has 2 N–H and O–H groups in total. The maximum atomic E-state index is 5.82. The van der Waals surface area contributed by atoms with E-state index in [2.05, 4.69) is 29.2 Å². The average Bonchev–Trinajstić information content (AvgIpc) is 2.54. The summed E-state index contributed by atoms with van der Waals surface area (Å²) in [5.41, 5.74) is 7.12. The second-order valence-corrected chi connectivity index (χ2v) is 3.33. The molecule has 1 unspecified atom stereocenters. The summed E-state index contributed by atoms with van der Waals surface area (Å²) in [4.78, 5) is 2.34. The molecule has 0 amide bonds. The Kier molecular flexibility index (Phi) is 3.58. The van der Waals surface area contributed by atoms with Crippen LogP contribution in [0.15, 0.2) is 30.3 Å². The SMILES string of the molecule is Cl.NC1CCN(c2ccccc2)C1. The standard InChI is InChI=1S/C10H14N2.ClH/c11-9-6-7-12(8-9)10-4-2-1-3-5-10;/h1-5,9H,6-8,11H2;1H. The van der Waals surface area contributed by atoms with Crippen LogP contribution in [0.4, 0.5) is 5.69 Å². The van der Waals surface area contributed by atoms with E-state index >= 15 is 0 Å². The lowest BCUT2D eigenvalue weighted by Gasteiger charge is -2.17. The molecule has 1 atom stereocenters. The highest BCUT2D eigenvalue weighted by Crippen LogP contribution is 2.18. The van der Waals surface area contributed by atoms with Crippen molar-refractivity contribution < 1.29 is 0 Å². The second kappa shape index (κ2) is 4.49. The van der Waals surface area contributed by atoms with E-state index in [9.17, 15) is 0 Å². The molecule has 2 rings (SSSR count). The van der Waals surface area contributed by atoms with Gasteiger partial charge in [0.25, 0.3) is 0 Å². The van der Waals surface area contributed by atoms with Gasteiger partial charge in [-0.05, 0) is 18.6 Å². The van der Waals surface area contributed by atoms with E-state index < -0.39 is 0 Å². The van der Waals surface area contributed by atoms with Crippen LogP contribution in [0.2, 0.25) is 0 Å². The summed E-state index contributed by atoms with van der Waals surface area (Å²) < 4.78 is 0. The van der Waals surface area contributed by atoms with Crippen molar-refractivity contribution in [2.75, 3.05) is 18.0 Å². The molecule has 1 fully saturated rings. The third-order valence-electron chi connectivity index (χ3n) is 2.35. The molecule has 1 heterocycles. The molecule has 3 heteroatoms. The van der Waals surface area contributed by atoms with Crippen LogP contribution in [0, 0.1) is 0 Å². The molecule has 1 aliphatic heterocycles. The molecule has 1 saturated heterocycles. The molecular weight excluding hydrogens is 184 g/mol. The fourth-order valence-electron chi connectivity index (χ4n) is 1.66. The Hall–Kier alpha value is -0.730. The Morgan fingerprint density at radius 2 is 1.92 bits per heavy atom. The molecule has 1 aliphatic rings. The Labute approximate surface area is 85.1 Å². The zero-order chi connectivity index (χ0) is 8.39. The van der Waals surface area contributed by atoms with Crippen LogP contribution < -0.4 is 10.6 Å². The molecule has 72 valence electrons. The van der Waals surface area contributed by atoms with Gasteiger partial charge < -0.3 is 10.6 Å². The van der Waals surface area contributed by atoms with Crippen LogP contribution in [0.5, 0.6) is 0 Å². The number of halogens is 1. The number of para-hydroxylation sites is 1. The van der Waals surface area contributed by atoms with E-state index in [0.29, 0.717) is 6.04 Å². The first-order valence-electron chi connectivity index (χ1n) is 4.42. The van der Waals surface area contributed by atoms with Crippen LogP contribution in [-0.4, -0.2) is 19.1 Å². The summed E-state index contributed by atoms with van der Waals surface area (Å²) in [6.45, 7) is 2.11. The van der Waals surface area contributed by atoms with E-state index in [1.807, 2.05) is 6.07 Å². The molecule has 1 aromatic carbocycles. The number of anilines is 1. The zero-order valence-corrected chi connectivity index (χ0v) is 8.33. The van der Waals surface area contributed by atoms with Gasteiger partial charge >= 0.3 is 0 Å². The molecule has 2 nitrogen and oxygen atoms in total. The lowest BCUT2D eigenvalue weighted by molar-refractivity contribution is 0.752. The van der Waals surface area contributed by atoms with Gasteiger partial charge in [-0.25, -0.2) is 0 Å². The Bertz CT molecular complexity index is 250. The van der Waals surface area contributed by atoms with Crippen LogP contribution >= 0.6 is 12.4 Å². The Morgan fingerprint density at radius 1 is 1.23 bits per heavy atom. The minimum absolute atomic E-state index is 0. The fourth-order valence-corrected chi connectivity index (χ4v) is 1.66. The lowest BCUT2D eigenvalue weighted by atomic mass is 10.3. The molecule has 0 aromatic heterocycles. The summed E-state index contributed by atoms with van der Waals surface area (Å²) in [5, 5.41) is 0. The first-order valence-corrected chi connectivity index (χ1v) is 4.42. The highest BCUT2D eigenvalue weighted by atomic mass is 35.5. The first kappa shape index (κ1) is 10.4. The van der Waals surface area contributed by atoms with Gasteiger partial charge in [-0.2, -0.15) is 0 Å². The fraction of sp³-hybridized carbons (Fsp3) is 0.400. The van der Waals surface area contributed by atoms with E-state index in [1.54, 1.807) is 0 Å². The van der Waals surface area contributed by atoms with Gasteiger partial charge in [-0.3, -0.25) is 0 Å². The summed E-state index contributed by atoms with van der Waals surface area (Å²) in [7, 11) is 0. The monoisotopic (exact) mass is 198 g/mol. The molecule has 0 aliphatic carbocycles. The summed E-state index contributed by atoms with van der Waals surface area (Å²) in [6, 6.07) is 10.8. The largest absolute Gasteiger partial charge is 0.370 e. The molecule has 13 heavy (non-hydrogen) atoms. The Morgan fingerprint density at radius 3 is 2.46 bits per heavy atom. The third-order valence-corrected chi connectivity index (χ3v) is 2.35. The maximum absolute atomic E-state index is 5.82. The molecule has 0 radical (unpaired) electrons. The molecule has 0 spiro atoms. The van der Waals surface area contributed by atoms with Crippen molar-refractivity contribution in [3.63, 3.8) is 0 Å². The van der Waals surface area contributed by atoms with Crippen LogP contribution in [0.3, 0.4) is 0 Å². The number of hydrogen-bond acceptors (Lipinski definition) is 2. The smallest absolute Gasteiger partial charge is 0.0366 e. The lowest BCUT2D eigenvalue weighted by Crippen LogP contribution is -2.26. The number of hydrogen-bond donors (Lipinski definition) is 1. The van der Waals surface area contributed by atoms with E-state index in [0.717, 1.165) is 19.5 Å². The first-order chi connectivity index (χ1) is 5.86. The number of nitrogens with zero attached hydrogens (tertiary/aromatic N) is 1. The van der Waals surface area contributed by atoms with Crippen LogP contribution in [0.1, 0.15) is 6.42 Å².